The molecule has 92 valence electrons. The number of para-hydroxylation sites is 1. The number of hydrogen-bond donors (Lipinski definition) is 1. The molecular formula is C15H21NO. The summed E-state index contributed by atoms with van der Waals surface area (Å²) in [5.41, 5.74) is 7.14. The summed E-state index contributed by atoms with van der Waals surface area (Å²) in [6, 6.07) is 10.2. The van der Waals surface area contributed by atoms with Crippen LogP contribution in [-0.4, -0.2) is 0 Å². The molecular weight excluding hydrogens is 210 g/mol. The van der Waals surface area contributed by atoms with Gasteiger partial charge in [-0.15, -0.1) is 0 Å². The molecule has 17 heavy (non-hydrogen) atoms. The van der Waals surface area contributed by atoms with Gasteiger partial charge in [-0.25, -0.2) is 0 Å². The smallest absolute Gasteiger partial charge is 0.134 e. The molecule has 0 bridgehead atoms. The lowest BCUT2D eigenvalue weighted by atomic mass is 9.87. The van der Waals surface area contributed by atoms with Crippen LogP contribution in [0.4, 0.5) is 0 Å². The molecule has 0 radical (unpaired) electrons. The van der Waals surface area contributed by atoms with Crippen LogP contribution in [0.2, 0.25) is 0 Å². The van der Waals surface area contributed by atoms with Gasteiger partial charge in [-0.2, -0.15) is 0 Å². The van der Waals surface area contributed by atoms with E-state index in [0.29, 0.717) is 0 Å². The average molecular weight is 231 g/mol. The summed E-state index contributed by atoms with van der Waals surface area (Å²) in [6.07, 6.45) is 4.10. The van der Waals surface area contributed by atoms with Crippen molar-refractivity contribution in [2.24, 2.45) is 5.73 Å². The fourth-order valence-corrected chi connectivity index (χ4v) is 2.49. The maximum atomic E-state index is 6.51. The Balaban J connectivity index is 2.41. The van der Waals surface area contributed by atoms with Crippen molar-refractivity contribution in [1.29, 1.82) is 0 Å². The maximum absolute atomic E-state index is 6.51. The lowest BCUT2D eigenvalue weighted by Crippen LogP contribution is -2.35. The van der Waals surface area contributed by atoms with Gasteiger partial charge in [-0.1, -0.05) is 44.9 Å². The minimum Gasteiger partial charge on any atom is -0.459 e. The minimum atomic E-state index is -0.303. The van der Waals surface area contributed by atoms with E-state index in [2.05, 4.69) is 26.0 Å². The summed E-state index contributed by atoms with van der Waals surface area (Å²) < 4.78 is 5.91. The fraction of sp³-hybridized carbons (Fsp3) is 0.467. The Labute approximate surface area is 103 Å². The van der Waals surface area contributed by atoms with Crippen molar-refractivity contribution >= 4 is 11.0 Å². The molecule has 0 amide bonds. The zero-order valence-corrected chi connectivity index (χ0v) is 10.7. The van der Waals surface area contributed by atoms with Crippen LogP contribution in [0, 0.1) is 0 Å². The Bertz CT molecular complexity index is 447. The van der Waals surface area contributed by atoms with Gasteiger partial charge in [0, 0.05) is 5.39 Å². The molecule has 2 heteroatoms. The van der Waals surface area contributed by atoms with Crippen LogP contribution >= 0.6 is 0 Å². The molecule has 0 saturated heterocycles. The first kappa shape index (κ1) is 12.2. The Morgan fingerprint density at radius 1 is 1.12 bits per heavy atom. The zero-order valence-electron chi connectivity index (χ0n) is 10.7. The van der Waals surface area contributed by atoms with Gasteiger partial charge < -0.3 is 10.2 Å². The highest BCUT2D eigenvalue weighted by atomic mass is 16.3. The number of benzene rings is 1. The van der Waals surface area contributed by atoms with E-state index >= 15 is 0 Å². The topological polar surface area (TPSA) is 39.2 Å². The average Bonchev–Trinajstić information content (AvgIpc) is 2.74. The molecule has 0 aliphatic rings. The van der Waals surface area contributed by atoms with Crippen molar-refractivity contribution in [2.75, 3.05) is 0 Å². The largest absolute Gasteiger partial charge is 0.459 e. The van der Waals surface area contributed by atoms with E-state index in [0.717, 1.165) is 42.4 Å². The SMILES string of the molecule is CCCC(N)(CCC)c1cc2ccccc2o1. The number of rotatable bonds is 5. The van der Waals surface area contributed by atoms with Crippen LogP contribution in [0.1, 0.15) is 45.3 Å². The number of furan rings is 1. The third-order valence-corrected chi connectivity index (χ3v) is 3.31. The summed E-state index contributed by atoms with van der Waals surface area (Å²) in [5.74, 6) is 0.933. The monoisotopic (exact) mass is 231 g/mol. The third-order valence-electron chi connectivity index (χ3n) is 3.31. The lowest BCUT2D eigenvalue weighted by Gasteiger charge is -2.26. The second kappa shape index (κ2) is 4.92. The van der Waals surface area contributed by atoms with E-state index in [1.165, 1.54) is 0 Å². The number of nitrogens with two attached hydrogens (primary N) is 1. The molecule has 0 fully saturated rings. The van der Waals surface area contributed by atoms with Gasteiger partial charge in [-0.3, -0.25) is 0 Å². The molecule has 1 aromatic carbocycles. The molecule has 0 spiro atoms. The van der Waals surface area contributed by atoms with E-state index in [1.807, 2.05) is 18.2 Å². The van der Waals surface area contributed by atoms with Crippen molar-refractivity contribution in [1.82, 2.24) is 0 Å². The molecule has 0 atom stereocenters. The molecule has 2 nitrogen and oxygen atoms in total. The zero-order chi connectivity index (χ0) is 12.3. The molecule has 1 heterocycles. The predicted octanol–water partition coefficient (Wildman–Crippen LogP) is 4.19. The number of hydrogen-bond acceptors (Lipinski definition) is 2. The Morgan fingerprint density at radius 3 is 2.35 bits per heavy atom. The molecule has 0 aliphatic heterocycles. The molecule has 0 aliphatic carbocycles. The first-order valence-corrected chi connectivity index (χ1v) is 6.47. The second-order valence-corrected chi connectivity index (χ2v) is 4.80. The summed E-state index contributed by atoms with van der Waals surface area (Å²) in [7, 11) is 0. The summed E-state index contributed by atoms with van der Waals surface area (Å²) >= 11 is 0. The van der Waals surface area contributed by atoms with E-state index in [4.69, 9.17) is 10.2 Å². The van der Waals surface area contributed by atoms with E-state index in [-0.39, 0.29) is 5.54 Å². The first-order valence-electron chi connectivity index (χ1n) is 6.47. The molecule has 2 N–H and O–H groups in total. The van der Waals surface area contributed by atoms with Crippen LogP contribution in [0.25, 0.3) is 11.0 Å². The summed E-state index contributed by atoms with van der Waals surface area (Å²) in [4.78, 5) is 0. The first-order chi connectivity index (χ1) is 8.19. The quantitative estimate of drug-likeness (QED) is 0.838. The lowest BCUT2D eigenvalue weighted by molar-refractivity contribution is 0.305. The van der Waals surface area contributed by atoms with E-state index in [1.54, 1.807) is 0 Å². The van der Waals surface area contributed by atoms with Crippen LogP contribution in [0.5, 0.6) is 0 Å². The van der Waals surface area contributed by atoms with Crippen molar-refractivity contribution < 1.29 is 4.42 Å². The summed E-state index contributed by atoms with van der Waals surface area (Å²) in [6.45, 7) is 4.33. The molecule has 1 aromatic heterocycles. The van der Waals surface area contributed by atoms with Gasteiger partial charge >= 0.3 is 0 Å². The Hall–Kier alpha value is -1.28. The highest BCUT2D eigenvalue weighted by Gasteiger charge is 2.29. The predicted molar refractivity (Wildman–Crippen MR) is 71.9 cm³/mol. The normalized spacial score (nSPS) is 12.2. The van der Waals surface area contributed by atoms with Gasteiger partial charge in [0.1, 0.15) is 11.3 Å². The van der Waals surface area contributed by atoms with Gasteiger partial charge in [0.15, 0.2) is 0 Å². The maximum Gasteiger partial charge on any atom is 0.134 e. The van der Waals surface area contributed by atoms with Crippen molar-refractivity contribution in [2.45, 2.75) is 45.1 Å². The van der Waals surface area contributed by atoms with Crippen molar-refractivity contribution in [3.8, 4) is 0 Å². The van der Waals surface area contributed by atoms with Gasteiger partial charge in [0.05, 0.1) is 5.54 Å². The van der Waals surface area contributed by atoms with Gasteiger partial charge in [0.2, 0.25) is 0 Å². The highest BCUT2D eigenvalue weighted by molar-refractivity contribution is 5.77. The number of fused-ring (bicyclic) bond motifs is 1. The molecule has 0 saturated carbocycles. The standard InChI is InChI=1S/C15H21NO/c1-3-9-15(16,10-4-2)14-11-12-7-5-6-8-13(12)17-14/h5-8,11H,3-4,9-10,16H2,1-2H3. The van der Waals surface area contributed by atoms with Gasteiger partial charge in [-0.05, 0) is 25.0 Å². The molecule has 2 aromatic rings. The van der Waals surface area contributed by atoms with Crippen molar-refractivity contribution in [3.63, 3.8) is 0 Å². The highest BCUT2D eigenvalue weighted by Crippen LogP contribution is 2.32. The minimum absolute atomic E-state index is 0.303. The Morgan fingerprint density at radius 2 is 1.76 bits per heavy atom. The van der Waals surface area contributed by atoms with E-state index in [9.17, 15) is 0 Å². The van der Waals surface area contributed by atoms with Gasteiger partial charge in [0.25, 0.3) is 0 Å². The van der Waals surface area contributed by atoms with E-state index < -0.39 is 0 Å². The third kappa shape index (κ3) is 2.37. The van der Waals surface area contributed by atoms with Crippen LogP contribution in [0.15, 0.2) is 34.7 Å². The van der Waals surface area contributed by atoms with Crippen LogP contribution in [-0.2, 0) is 5.54 Å². The van der Waals surface area contributed by atoms with Crippen LogP contribution < -0.4 is 5.73 Å². The summed E-state index contributed by atoms with van der Waals surface area (Å²) in [5, 5.41) is 1.14. The van der Waals surface area contributed by atoms with Crippen molar-refractivity contribution in [3.05, 3.63) is 36.1 Å². The fourth-order valence-electron chi connectivity index (χ4n) is 2.49. The second-order valence-electron chi connectivity index (χ2n) is 4.80. The Kier molecular flexibility index (Phi) is 3.53. The van der Waals surface area contributed by atoms with Crippen LogP contribution in [0.3, 0.4) is 0 Å². The molecule has 2 rings (SSSR count). The molecule has 0 unspecified atom stereocenters.